The van der Waals surface area contributed by atoms with Gasteiger partial charge in [0.25, 0.3) is 6.01 Å². The van der Waals surface area contributed by atoms with Crippen molar-refractivity contribution in [2.24, 2.45) is 0 Å². The van der Waals surface area contributed by atoms with Gasteiger partial charge in [0.2, 0.25) is 0 Å². The predicted octanol–water partition coefficient (Wildman–Crippen LogP) is 4.78. The topological polar surface area (TPSA) is 75.4 Å². The molecule has 0 aliphatic rings. The lowest BCUT2D eigenvalue weighted by Crippen LogP contribution is -2.03. The number of anilines is 2. The van der Waals surface area contributed by atoms with Gasteiger partial charge in [-0.3, -0.25) is 4.79 Å². The van der Waals surface area contributed by atoms with Crippen LogP contribution >= 0.6 is 23.2 Å². The number of hydrogen-bond donors (Lipinski definition) is 2. The molecule has 0 atom stereocenters. The fourth-order valence-electron chi connectivity index (χ4n) is 2.10. The maximum atomic E-state index is 14.2. The molecule has 1 heterocycles. The van der Waals surface area contributed by atoms with Gasteiger partial charge in [-0.05, 0) is 24.3 Å². The van der Waals surface area contributed by atoms with Crippen molar-refractivity contribution in [3.8, 4) is 0 Å². The summed E-state index contributed by atoms with van der Waals surface area (Å²) >= 11 is 11.7. The Morgan fingerprint density at radius 2 is 2.00 bits per heavy atom. The standard InChI is InChI=1S/C15H8Cl2F2N2O3/c16-8-2-1-7(5-9(8)17)20-15-21-13-10(18)3-6(4-11(22)23)12(19)14(13)24-15/h1-3,5H,4H2,(H,20,21)(H,22,23). The monoisotopic (exact) mass is 372 g/mol. The number of carboxylic acids is 1. The minimum absolute atomic E-state index is 0.173. The van der Waals surface area contributed by atoms with Crippen molar-refractivity contribution in [3.05, 3.63) is 51.5 Å². The Bertz CT molecular complexity index is 960. The molecule has 24 heavy (non-hydrogen) atoms. The Balaban J connectivity index is 2.01. The van der Waals surface area contributed by atoms with E-state index in [4.69, 9.17) is 32.7 Å². The number of nitrogens with one attached hydrogen (secondary N) is 1. The average Bonchev–Trinajstić information content (AvgIpc) is 2.92. The molecule has 0 saturated heterocycles. The molecule has 1 aromatic heterocycles. The first kappa shape index (κ1) is 16.5. The lowest BCUT2D eigenvalue weighted by Gasteiger charge is -2.02. The smallest absolute Gasteiger partial charge is 0.307 e. The summed E-state index contributed by atoms with van der Waals surface area (Å²) in [5, 5.41) is 12.1. The second kappa shape index (κ2) is 6.26. The Morgan fingerprint density at radius 3 is 2.67 bits per heavy atom. The molecular formula is C15H8Cl2F2N2O3. The van der Waals surface area contributed by atoms with Crippen LogP contribution in [0.1, 0.15) is 5.56 Å². The summed E-state index contributed by atoms with van der Waals surface area (Å²) in [6.07, 6.45) is -0.672. The number of aliphatic carboxylic acids is 1. The Labute approximate surface area is 143 Å². The van der Waals surface area contributed by atoms with E-state index in [9.17, 15) is 13.6 Å². The molecule has 0 aliphatic heterocycles. The van der Waals surface area contributed by atoms with E-state index in [1.165, 1.54) is 12.1 Å². The molecule has 0 spiro atoms. The molecule has 5 nitrogen and oxygen atoms in total. The summed E-state index contributed by atoms with van der Waals surface area (Å²) in [5.41, 5.74) is -0.690. The van der Waals surface area contributed by atoms with Gasteiger partial charge in [-0.15, -0.1) is 0 Å². The molecule has 0 unspecified atom stereocenters. The zero-order valence-corrected chi connectivity index (χ0v) is 13.3. The highest BCUT2D eigenvalue weighted by atomic mass is 35.5. The third-order valence-electron chi connectivity index (χ3n) is 3.15. The molecule has 0 aliphatic carbocycles. The summed E-state index contributed by atoms with van der Waals surface area (Å²) in [5.74, 6) is -3.14. The number of hydrogen-bond acceptors (Lipinski definition) is 4. The van der Waals surface area contributed by atoms with Crippen molar-refractivity contribution in [1.29, 1.82) is 0 Å². The second-order valence-electron chi connectivity index (χ2n) is 4.85. The number of nitrogens with zero attached hydrogens (tertiary/aromatic N) is 1. The van der Waals surface area contributed by atoms with Crippen molar-refractivity contribution in [2.45, 2.75) is 6.42 Å². The maximum Gasteiger partial charge on any atom is 0.307 e. The highest BCUT2D eigenvalue weighted by molar-refractivity contribution is 6.42. The molecule has 2 N–H and O–H groups in total. The quantitative estimate of drug-likeness (QED) is 0.688. The van der Waals surface area contributed by atoms with Crippen LogP contribution < -0.4 is 5.32 Å². The molecule has 0 radical (unpaired) electrons. The van der Waals surface area contributed by atoms with Crippen LogP contribution in [0.25, 0.3) is 11.1 Å². The van der Waals surface area contributed by atoms with Gasteiger partial charge in [0.1, 0.15) is 0 Å². The van der Waals surface area contributed by atoms with Gasteiger partial charge < -0.3 is 14.8 Å². The zero-order chi connectivity index (χ0) is 17.4. The lowest BCUT2D eigenvalue weighted by atomic mass is 10.1. The van der Waals surface area contributed by atoms with Gasteiger partial charge in [-0.25, -0.2) is 8.78 Å². The Morgan fingerprint density at radius 1 is 1.25 bits per heavy atom. The number of rotatable bonds is 4. The summed E-state index contributed by atoms with van der Waals surface area (Å²) in [6.45, 7) is 0. The van der Waals surface area contributed by atoms with Crippen molar-refractivity contribution in [1.82, 2.24) is 4.98 Å². The van der Waals surface area contributed by atoms with Crippen LogP contribution in [0.15, 0.2) is 28.7 Å². The fraction of sp³-hybridized carbons (Fsp3) is 0.0667. The predicted molar refractivity (Wildman–Crippen MR) is 85.0 cm³/mol. The highest BCUT2D eigenvalue weighted by Gasteiger charge is 2.20. The van der Waals surface area contributed by atoms with Crippen molar-refractivity contribution in [3.63, 3.8) is 0 Å². The minimum Gasteiger partial charge on any atom is -0.481 e. The Hall–Kier alpha value is -2.38. The largest absolute Gasteiger partial charge is 0.481 e. The van der Waals surface area contributed by atoms with Crippen LogP contribution in [0, 0.1) is 11.6 Å². The molecule has 0 amide bonds. The summed E-state index contributed by atoms with van der Waals surface area (Å²) in [7, 11) is 0. The first-order valence-corrected chi connectivity index (χ1v) is 7.32. The van der Waals surface area contributed by atoms with Gasteiger partial charge >= 0.3 is 5.97 Å². The molecular weight excluding hydrogens is 365 g/mol. The van der Waals surface area contributed by atoms with Crippen LogP contribution in [0.5, 0.6) is 0 Å². The minimum atomic E-state index is -1.29. The van der Waals surface area contributed by atoms with Gasteiger partial charge in [0.05, 0.1) is 16.5 Å². The summed E-state index contributed by atoms with van der Waals surface area (Å²) in [6, 6.07) is 5.21. The first-order chi connectivity index (χ1) is 11.3. The van der Waals surface area contributed by atoms with Crippen LogP contribution in [0.2, 0.25) is 10.0 Å². The fourth-order valence-corrected chi connectivity index (χ4v) is 2.40. The van der Waals surface area contributed by atoms with Crippen molar-refractivity contribution in [2.75, 3.05) is 5.32 Å². The molecule has 0 bridgehead atoms. The van der Waals surface area contributed by atoms with Gasteiger partial charge in [-0.1, -0.05) is 23.2 Å². The lowest BCUT2D eigenvalue weighted by molar-refractivity contribution is -0.136. The number of carbonyl (C=O) groups is 1. The van der Waals surface area contributed by atoms with Crippen LogP contribution in [0.4, 0.5) is 20.5 Å². The molecule has 0 fully saturated rings. The highest BCUT2D eigenvalue weighted by Crippen LogP contribution is 2.30. The number of oxazole rings is 1. The SMILES string of the molecule is O=C(O)Cc1cc(F)c2nc(Nc3ccc(Cl)c(Cl)c3)oc2c1F. The van der Waals surface area contributed by atoms with E-state index < -0.39 is 29.6 Å². The van der Waals surface area contributed by atoms with Crippen molar-refractivity contribution >= 4 is 52.0 Å². The number of halogens is 4. The maximum absolute atomic E-state index is 14.2. The number of fused-ring (bicyclic) bond motifs is 1. The average molecular weight is 373 g/mol. The van der Waals surface area contributed by atoms with Gasteiger partial charge in [0.15, 0.2) is 22.7 Å². The van der Waals surface area contributed by atoms with E-state index >= 15 is 0 Å². The van der Waals surface area contributed by atoms with E-state index in [-0.39, 0.29) is 22.1 Å². The second-order valence-corrected chi connectivity index (χ2v) is 5.67. The number of benzene rings is 2. The third-order valence-corrected chi connectivity index (χ3v) is 3.89. The summed E-state index contributed by atoms with van der Waals surface area (Å²) in [4.78, 5) is 14.5. The number of aromatic nitrogens is 1. The van der Waals surface area contributed by atoms with E-state index in [0.29, 0.717) is 10.7 Å². The van der Waals surface area contributed by atoms with Crippen LogP contribution in [-0.4, -0.2) is 16.1 Å². The van der Waals surface area contributed by atoms with E-state index in [0.717, 1.165) is 6.07 Å². The zero-order valence-electron chi connectivity index (χ0n) is 11.7. The molecule has 124 valence electrons. The van der Waals surface area contributed by atoms with E-state index in [2.05, 4.69) is 10.3 Å². The van der Waals surface area contributed by atoms with Crippen LogP contribution in [-0.2, 0) is 11.2 Å². The van der Waals surface area contributed by atoms with Gasteiger partial charge in [0, 0.05) is 11.3 Å². The molecule has 2 aromatic carbocycles. The Kier molecular flexibility index (Phi) is 4.29. The third kappa shape index (κ3) is 3.13. The molecule has 3 aromatic rings. The molecule has 9 heteroatoms. The van der Waals surface area contributed by atoms with E-state index in [1.807, 2.05) is 0 Å². The van der Waals surface area contributed by atoms with Crippen molar-refractivity contribution < 1.29 is 23.1 Å². The number of carboxylic acid groups (broad SMARTS) is 1. The molecule has 0 saturated carbocycles. The molecule has 3 rings (SSSR count). The van der Waals surface area contributed by atoms with Gasteiger partial charge in [-0.2, -0.15) is 4.98 Å². The first-order valence-electron chi connectivity index (χ1n) is 6.56. The summed E-state index contributed by atoms with van der Waals surface area (Å²) < 4.78 is 33.4. The normalized spacial score (nSPS) is 11.0. The van der Waals surface area contributed by atoms with E-state index in [1.54, 1.807) is 6.07 Å². The van der Waals surface area contributed by atoms with Crippen LogP contribution in [0.3, 0.4) is 0 Å².